The van der Waals surface area contributed by atoms with E-state index in [-0.39, 0.29) is 5.75 Å². The fourth-order valence-corrected chi connectivity index (χ4v) is 1.42. The molecule has 1 aliphatic rings. The van der Waals surface area contributed by atoms with Crippen molar-refractivity contribution in [3.05, 3.63) is 0 Å². The molecular formula is C8H18O5S. The van der Waals surface area contributed by atoms with Gasteiger partial charge in [0.05, 0.1) is 32.2 Å². The highest BCUT2D eigenvalue weighted by molar-refractivity contribution is 7.85. The van der Waals surface area contributed by atoms with Gasteiger partial charge in [-0.25, -0.2) is 0 Å². The standard InChI is InChI=1S/C4H10O3S.C4H8O2/c1-2-3-4-8(5,6)7;1-2-6-4-3-5-1/h2-4H2,1H3,(H,5,6,7);1-4H2. The van der Waals surface area contributed by atoms with E-state index in [4.69, 9.17) is 14.0 Å². The first-order chi connectivity index (χ1) is 6.56. The van der Waals surface area contributed by atoms with Crippen LogP contribution in [-0.4, -0.2) is 45.2 Å². The van der Waals surface area contributed by atoms with Crippen LogP contribution in [0.4, 0.5) is 0 Å². The molecule has 0 radical (unpaired) electrons. The summed E-state index contributed by atoms with van der Waals surface area (Å²) in [5.74, 6) is -0.108. The summed E-state index contributed by atoms with van der Waals surface area (Å²) >= 11 is 0. The van der Waals surface area contributed by atoms with Crippen molar-refractivity contribution in [3.8, 4) is 0 Å². The maximum Gasteiger partial charge on any atom is 0.264 e. The van der Waals surface area contributed by atoms with E-state index in [1.807, 2.05) is 6.92 Å². The third-order valence-electron chi connectivity index (χ3n) is 1.50. The van der Waals surface area contributed by atoms with Gasteiger partial charge >= 0.3 is 0 Å². The molecular weight excluding hydrogens is 208 g/mol. The molecule has 0 spiro atoms. The van der Waals surface area contributed by atoms with Gasteiger partial charge in [0.1, 0.15) is 0 Å². The molecule has 86 valence electrons. The second kappa shape index (κ2) is 8.16. The molecule has 1 rings (SSSR count). The fourth-order valence-electron chi connectivity index (χ4n) is 0.767. The van der Waals surface area contributed by atoms with E-state index < -0.39 is 10.1 Å². The molecule has 1 saturated heterocycles. The third-order valence-corrected chi connectivity index (χ3v) is 2.30. The average Bonchev–Trinajstić information content (AvgIpc) is 2.17. The molecule has 0 atom stereocenters. The van der Waals surface area contributed by atoms with Crippen LogP contribution in [0.1, 0.15) is 19.8 Å². The van der Waals surface area contributed by atoms with Crippen LogP contribution < -0.4 is 0 Å². The lowest BCUT2D eigenvalue weighted by Crippen LogP contribution is -2.16. The van der Waals surface area contributed by atoms with Gasteiger partial charge in [-0.2, -0.15) is 8.42 Å². The summed E-state index contributed by atoms with van der Waals surface area (Å²) in [4.78, 5) is 0. The van der Waals surface area contributed by atoms with Crippen molar-refractivity contribution >= 4 is 10.1 Å². The maximum atomic E-state index is 9.95. The fraction of sp³-hybridized carbons (Fsp3) is 1.00. The van der Waals surface area contributed by atoms with Gasteiger partial charge in [0.2, 0.25) is 0 Å². The molecule has 1 N–H and O–H groups in total. The summed E-state index contributed by atoms with van der Waals surface area (Å²) in [7, 11) is -3.69. The molecule has 5 nitrogen and oxygen atoms in total. The van der Waals surface area contributed by atoms with Gasteiger partial charge < -0.3 is 9.47 Å². The van der Waals surface area contributed by atoms with Crippen LogP contribution in [-0.2, 0) is 19.6 Å². The van der Waals surface area contributed by atoms with Crippen molar-refractivity contribution in [2.24, 2.45) is 0 Å². The molecule has 6 heteroatoms. The monoisotopic (exact) mass is 226 g/mol. The Morgan fingerprint density at radius 1 is 1.14 bits per heavy atom. The highest BCUT2D eigenvalue weighted by Gasteiger charge is 2.00. The van der Waals surface area contributed by atoms with Crippen molar-refractivity contribution in [1.82, 2.24) is 0 Å². The van der Waals surface area contributed by atoms with Crippen molar-refractivity contribution in [2.75, 3.05) is 32.2 Å². The number of rotatable bonds is 3. The molecule has 0 aromatic carbocycles. The van der Waals surface area contributed by atoms with Gasteiger partial charge in [0.15, 0.2) is 0 Å². The Hall–Kier alpha value is -0.170. The van der Waals surface area contributed by atoms with Crippen molar-refractivity contribution in [3.63, 3.8) is 0 Å². The summed E-state index contributed by atoms with van der Waals surface area (Å²) in [5.41, 5.74) is 0. The number of unbranched alkanes of at least 4 members (excludes halogenated alkanes) is 1. The summed E-state index contributed by atoms with van der Waals surface area (Å²) in [6.07, 6.45) is 1.33. The minimum atomic E-state index is -3.69. The summed E-state index contributed by atoms with van der Waals surface area (Å²) < 4.78 is 37.9. The van der Waals surface area contributed by atoms with E-state index in [1.165, 1.54) is 0 Å². The Morgan fingerprint density at radius 3 is 1.71 bits per heavy atom. The zero-order chi connectivity index (χ0) is 10.9. The molecule has 1 fully saturated rings. The minimum Gasteiger partial charge on any atom is -0.377 e. The van der Waals surface area contributed by atoms with E-state index in [0.29, 0.717) is 6.42 Å². The largest absolute Gasteiger partial charge is 0.377 e. The topological polar surface area (TPSA) is 72.8 Å². The van der Waals surface area contributed by atoms with Crippen LogP contribution in [0.15, 0.2) is 0 Å². The molecule has 0 aliphatic carbocycles. The second-order valence-corrected chi connectivity index (χ2v) is 4.44. The number of hydrogen-bond acceptors (Lipinski definition) is 4. The summed E-state index contributed by atoms with van der Waals surface area (Å²) in [6, 6.07) is 0. The maximum absolute atomic E-state index is 9.95. The zero-order valence-electron chi connectivity index (χ0n) is 8.44. The first-order valence-corrected chi connectivity index (χ1v) is 6.28. The second-order valence-electron chi connectivity index (χ2n) is 2.86. The van der Waals surface area contributed by atoms with Crippen molar-refractivity contribution in [2.45, 2.75) is 19.8 Å². The van der Waals surface area contributed by atoms with Crippen LogP contribution >= 0.6 is 0 Å². The Kier molecular flexibility index (Phi) is 8.07. The van der Waals surface area contributed by atoms with Gasteiger partial charge in [-0.1, -0.05) is 13.3 Å². The summed E-state index contributed by atoms with van der Waals surface area (Å²) in [6.45, 7) is 4.98. The Morgan fingerprint density at radius 2 is 1.57 bits per heavy atom. The molecule has 0 amide bonds. The van der Waals surface area contributed by atoms with Gasteiger partial charge in [-0.05, 0) is 6.42 Å². The SMILES string of the molecule is C1COCCO1.CCCCS(=O)(=O)O. The normalized spacial score (nSPS) is 17.0. The zero-order valence-corrected chi connectivity index (χ0v) is 9.25. The predicted molar refractivity (Wildman–Crippen MR) is 53.0 cm³/mol. The number of hydrogen-bond donors (Lipinski definition) is 1. The highest BCUT2D eigenvalue weighted by atomic mass is 32.2. The van der Waals surface area contributed by atoms with Crippen LogP contribution in [0.3, 0.4) is 0 Å². The van der Waals surface area contributed by atoms with Crippen LogP contribution in [0, 0.1) is 0 Å². The molecule has 0 saturated carbocycles. The molecule has 0 unspecified atom stereocenters. The molecule has 0 bridgehead atoms. The molecule has 14 heavy (non-hydrogen) atoms. The Balaban J connectivity index is 0.000000249. The first-order valence-electron chi connectivity index (χ1n) is 4.67. The molecule has 0 aromatic rings. The summed E-state index contributed by atoms with van der Waals surface area (Å²) in [5, 5.41) is 0. The van der Waals surface area contributed by atoms with E-state index in [0.717, 1.165) is 32.8 Å². The lowest BCUT2D eigenvalue weighted by atomic mass is 10.4. The predicted octanol–water partition coefficient (Wildman–Crippen LogP) is 0.708. The highest BCUT2D eigenvalue weighted by Crippen LogP contribution is 1.90. The Labute approximate surface area is 85.1 Å². The van der Waals surface area contributed by atoms with Crippen molar-refractivity contribution in [1.29, 1.82) is 0 Å². The van der Waals surface area contributed by atoms with Crippen molar-refractivity contribution < 1.29 is 22.4 Å². The van der Waals surface area contributed by atoms with Crippen LogP contribution in [0.2, 0.25) is 0 Å². The quantitative estimate of drug-likeness (QED) is 0.717. The van der Waals surface area contributed by atoms with Crippen LogP contribution in [0.5, 0.6) is 0 Å². The van der Waals surface area contributed by atoms with E-state index in [9.17, 15) is 8.42 Å². The lowest BCUT2D eigenvalue weighted by Gasteiger charge is -2.09. The van der Waals surface area contributed by atoms with Gasteiger partial charge in [0.25, 0.3) is 10.1 Å². The van der Waals surface area contributed by atoms with E-state index in [1.54, 1.807) is 0 Å². The smallest absolute Gasteiger partial charge is 0.264 e. The minimum absolute atomic E-state index is 0.108. The first kappa shape index (κ1) is 13.8. The Bertz CT molecular complexity index is 196. The van der Waals surface area contributed by atoms with Gasteiger partial charge in [0, 0.05) is 0 Å². The third kappa shape index (κ3) is 11.8. The van der Waals surface area contributed by atoms with Gasteiger partial charge in [-0.15, -0.1) is 0 Å². The van der Waals surface area contributed by atoms with E-state index in [2.05, 4.69) is 0 Å². The number of ether oxygens (including phenoxy) is 2. The van der Waals surface area contributed by atoms with Gasteiger partial charge in [-0.3, -0.25) is 4.55 Å². The van der Waals surface area contributed by atoms with Crippen LogP contribution in [0.25, 0.3) is 0 Å². The average molecular weight is 226 g/mol. The molecule has 0 aromatic heterocycles. The molecule has 1 heterocycles. The molecule has 1 aliphatic heterocycles. The van der Waals surface area contributed by atoms with E-state index >= 15 is 0 Å². The lowest BCUT2D eigenvalue weighted by molar-refractivity contribution is -0.0334.